The number of ether oxygens (including phenoxy) is 1. The number of hydrogen-bond donors (Lipinski definition) is 0. The summed E-state index contributed by atoms with van der Waals surface area (Å²) in [5, 5.41) is 0.0426. The van der Waals surface area contributed by atoms with Crippen LogP contribution in [0.2, 0.25) is 4.34 Å². The van der Waals surface area contributed by atoms with Gasteiger partial charge in [-0.3, -0.25) is 0 Å². The van der Waals surface area contributed by atoms with Gasteiger partial charge in [0.05, 0.1) is 11.4 Å². The molecular weight excluding hydrogens is 231 g/mol. The van der Waals surface area contributed by atoms with Gasteiger partial charge in [-0.2, -0.15) is 0 Å². The molecule has 70 valence electrons. The van der Waals surface area contributed by atoms with Gasteiger partial charge in [-0.1, -0.05) is 23.2 Å². The van der Waals surface area contributed by atoms with Crippen LogP contribution in [0.25, 0.3) is 6.08 Å². The summed E-state index contributed by atoms with van der Waals surface area (Å²) < 4.78 is 5.08. The second kappa shape index (κ2) is 4.65. The number of hydrogen-bond acceptors (Lipinski definition) is 3. The number of carbonyl (C=O) groups is 1. The third-order valence-electron chi connectivity index (χ3n) is 1.24. The van der Waals surface area contributed by atoms with Crippen LogP contribution in [0.5, 0.6) is 0 Å². The molecule has 1 aromatic rings. The van der Waals surface area contributed by atoms with E-state index in [0.29, 0.717) is 4.34 Å². The number of esters is 1. The first-order valence-corrected chi connectivity index (χ1v) is 4.91. The highest BCUT2D eigenvalue weighted by Crippen LogP contribution is 2.24. The molecule has 2 nitrogen and oxygen atoms in total. The molecule has 1 heterocycles. The van der Waals surface area contributed by atoms with E-state index in [0.717, 1.165) is 4.88 Å². The summed E-state index contributed by atoms with van der Waals surface area (Å²) in [5.41, 5.74) is 0. The van der Waals surface area contributed by atoms with Crippen molar-refractivity contribution >= 4 is 46.6 Å². The van der Waals surface area contributed by atoms with E-state index < -0.39 is 5.97 Å². The fourth-order valence-electron chi connectivity index (χ4n) is 0.687. The van der Waals surface area contributed by atoms with E-state index in [2.05, 4.69) is 4.74 Å². The standard InChI is InChI=1S/C8H6Cl2O2S/c1-12-8(11)6(9)4-5-2-3-7(10)13-5/h2-4H,1H3/b6-4-. The molecule has 0 aliphatic carbocycles. The molecule has 0 aromatic carbocycles. The maximum absolute atomic E-state index is 10.9. The Balaban J connectivity index is 2.82. The zero-order valence-corrected chi connectivity index (χ0v) is 9.04. The normalized spacial score (nSPS) is 11.5. The quantitative estimate of drug-likeness (QED) is 0.583. The maximum atomic E-state index is 10.9. The van der Waals surface area contributed by atoms with Gasteiger partial charge >= 0.3 is 5.97 Å². The second-order valence-electron chi connectivity index (χ2n) is 2.13. The first-order chi connectivity index (χ1) is 6.13. The molecule has 0 amide bonds. The van der Waals surface area contributed by atoms with Crippen LogP contribution >= 0.6 is 34.5 Å². The summed E-state index contributed by atoms with van der Waals surface area (Å²) in [6.07, 6.45) is 1.52. The van der Waals surface area contributed by atoms with Crippen molar-refractivity contribution in [2.45, 2.75) is 0 Å². The van der Waals surface area contributed by atoms with Gasteiger partial charge in [0, 0.05) is 4.88 Å². The van der Waals surface area contributed by atoms with Gasteiger partial charge in [0.1, 0.15) is 5.03 Å². The molecule has 0 fully saturated rings. The van der Waals surface area contributed by atoms with E-state index in [1.165, 1.54) is 24.5 Å². The van der Waals surface area contributed by atoms with Crippen LogP contribution in [0.3, 0.4) is 0 Å². The zero-order chi connectivity index (χ0) is 9.84. The van der Waals surface area contributed by atoms with E-state index >= 15 is 0 Å². The lowest BCUT2D eigenvalue weighted by Gasteiger charge is -1.94. The molecule has 0 unspecified atom stereocenters. The first kappa shape index (κ1) is 10.6. The van der Waals surface area contributed by atoms with Crippen molar-refractivity contribution in [2.75, 3.05) is 7.11 Å². The molecule has 0 saturated heterocycles. The Morgan fingerprint density at radius 1 is 1.62 bits per heavy atom. The minimum absolute atomic E-state index is 0.0426. The van der Waals surface area contributed by atoms with Crippen LogP contribution in [0.1, 0.15) is 4.88 Å². The Bertz CT molecular complexity index is 344. The summed E-state index contributed by atoms with van der Waals surface area (Å²) >= 11 is 12.7. The van der Waals surface area contributed by atoms with Crippen LogP contribution in [-0.2, 0) is 9.53 Å². The van der Waals surface area contributed by atoms with Crippen molar-refractivity contribution in [1.29, 1.82) is 0 Å². The zero-order valence-electron chi connectivity index (χ0n) is 6.71. The molecule has 0 radical (unpaired) electrons. The number of methoxy groups -OCH3 is 1. The van der Waals surface area contributed by atoms with Crippen LogP contribution in [0.15, 0.2) is 17.2 Å². The molecule has 0 bridgehead atoms. The molecule has 0 aliphatic heterocycles. The highest BCUT2D eigenvalue weighted by molar-refractivity contribution is 7.17. The SMILES string of the molecule is COC(=O)/C(Cl)=C/c1ccc(Cl)s1. The third kappa shape index (κ3) is 3.03. The summed E-state index contributed by atoms with van der Waals surface area (Å²) in [7, 11) is 1.28. The van der Waals surface area contributed by atoms with Crippen LogP contribution in [0, 0.1) is 0 Å². The Morgan fingerprint density at radius 3 is 2.77 bits per heavy atom. The van der Waals surface area contributed by atoms with Crippen LogP contribution in [-0.4, -0.2) is 13.1 Å². The maximum Gasteiger partial charge on any atom is 0.349 e. The summed E-state index contributed by atoms with van der Waals surface area (Å²) in [6, 6.07) is 3.51. The second-order valence-corrected chi connectivity index (χ2v) is 4.28. The molecular formula is C8H6Cl2O2S. The molecule has 1 rings (SSSR count). The molecule has 0 saturated carbocycles. The largest absolute Gasteiger partial charge is 0.465 e. The molecule has 0 aliphatic rings. The smallest absolute Gasteiger partial charge is 0.349 e. The number of halogens is 2. The number of thiophene rings is 1. The first-order valence-electron chi connectivity index (χ1n) is 3.34. The molecule has 13 heavy (non-hydrogen) atoms. The molecule has 0 atom stereocenters. The van der Waals surface area contributed by atoms with E-state index in [4.69, 9.17) is 23.2 Å². The lowest BCUT2D eigenvalue weighted by Crippen LogP contribution is -1.98. The molecule has 0 spiro atoms. The van der Waals surface area contributed by atoms with E-state index in [9.17, 15) is 4.79 Å². The number of carbonyl (C=O) groups excluding carboxylic acids is 1. The van der Waals surface area contributed by atoms with Crippen LogP contribution < -0.4 is 0 Å². The van der Waals surface area contributed by atoms with Gasteiger partial charge in [0.15, 0.2) is 0 Å². The van der Waals surface area contributed by atoms with Gasteiger partial charge < -0.3 is 4.74 Å². The fraction of sp³-hybridized carbons (Fsp3) is 0.125. The lowest BCUT2D eigenvalue weighted by molar-refractivity contribution is -0.135. The van der Waals surface area contributed by atoms with Gasteiger partial charge in [0.25, 0.3) is 0 Å². The van der Waals surface area contributed by atoms with Gasteiger partial charge in [-0.05, 0) is 18.2 Å². The van der Waals surface area contributed by atoms with Crippen molar-refractivity contribution in [3.05, 3.63) is 26.4 Å². The Labute approximate surface area is 89.7 Å². The minimum Gasteiger partial charge on any atom is -0.465 e. The predicted octanol–water partition coefficient (Wildman–Crippen LogP) is 3.15. The highest BCUT2D eigenvalue weighted by atomic mass is 35.5. The van der Waals surface area contributed by atoms with Crippen molar-refractivity contribution in [3.8, 4) is 0 Å². The summed E-state index contributed by atoms with van der Waals surface area (Å²) in [4.78, 5) is 11.7. The van der Waals surface area contributed by atoms with Crippen molar-refractivity contribution < 1.29 is 9.53 Å². The number of rotatable bonds is 2. The topological polar surface area (TPSA) is 26.3 Å². The van der Waals surface area contributed by atoms with Gasteiger partial charge in [-0.25, -0.2) is 4.79 Å². The third-order valence-corrected chi connectivity index (χ3v) is 2.68. The minimum atomic E-state index is -0.550. The molecule has 0 N–H and O–H groups in total. The summed E-state index contributed by atoms with van der Waals surface area (Å²) in [6.45, 7) is 0. The van der Waals surface area contributed by atoms with Gasteiger partial charge in [-0.15, -0.1) is 11.3 Å². The average molecular weight is 237 g/mol. The van der Waals surface area contributed by atoms with E-state index in [-0.39, 0.29) is 5.03 Å². The van der Waals surface area contributed by atoms with Crippen LogP contribution in [0.4, 0.5) is 0 Å². The Morgan fingerprint density at radius 2 is 2.31 bits per heavy atom. The van der Waals surface area contributed by atoms with Crippen molar-refractivity contribution in [3.63, 3.8) is 0 Å². The van der Waals surface area contributed by atoms with Crippen molar-refractivity contribution in [2.24, 2.45) is 0 Å². The van der Waals surface area contributed by atoms with E-state index in [1.54, 1.807) is 12.1 Å². The van der Waals surface area contributed by atoms with Gasteiger partial charge in [0.2, 0.25) is 0 Å². The fourth-order valence-corrected chi connectivity index (χ4v) is 1.95. The molecule has 1 aromatic heterocycles. The predicted molar refractivity (Wildman–Crippen MR) is 55.2 cm³/mol. The Hall–Kier alpha value is -0.510. The van der Waals surface area contributed by atoms with Crippen molar-refractivity contribution in [1.82, 2.24) is 0 Å². The van der Waals surface area contributed by atoms with E-state index in [1.807, 2.05) is 0 Å². The lowest BCUT2D eigenvalue weighted by atomic mass is 10.4. The highest BCUT2D eigenvalue weighted by Gasteiger charge is 2.06. The summed E-state index contributed by atoms with van der Waals surface area (Å²) in [5.74, 6) is -0.550. The monoisotopic (exact) mass is 236 g/mol. The Kier molecular flexibility index (Phi) is 3.78. The molecule has 5 heteroatoms. The average Bonchev–Trinajstić information content (AvgIpc) is 2.49.